The number of aromatic carboxylic acids is 1. The van der Waals surface area contributed by atoms with E-state index in [9.17, 15) is 27.9 Å². The number of halogens is 5. The fourth-order valence-electron chi connectivity index (χ4n) is 4.39. The standard InChI is InChI=1S/C20H21F4N3O4.ClH/c1-31-18-15-11(17(28)12(19(29)30)7-27(15)10-2-3-10)4-14(21)16(18)26-6-9(5-25)13(8-26)20(22,23)24;/h4,7,9-10,13H,2-3,5-6,8,25H2,1H3,(H,29,30);1H/t9-,13-;/m0./s1. The Hall–Kier alpha value is -2.53. The molecular weight excluding hydrogens is 458 g/mol. The number of rotatable bonds is 5. The highest BCUT2D eigenvalue weighted by atomic mass is 35.5. The van der Waals surface area contributed by atoms with Gasteiger partial charge in [0.2, 0.25) is 5.43 Å². The molecule has 32 heavy (non-hydrogen) atoms. The Morgan fingerprint density at radius 2 is 1.97 bits per heavy atom. The third kappa shape index (κ3) is 3.88. The molecule has 2 fully saturated rings. The van der Waals surface area contributed by atoms with E-state index in [-0.39, 0.29) is 53.9 Å². The van der Waals surface area contributed by atoms with Crippen LogP contribution >= 0.6 is 12.4 Å². The van der Waals surface area contributed by atoms with Crippen molar-refractivity contribution in [2.24, 2.45) is 17.6 Å². The largest absolute Gasteiger partial charge is 0.492 e. The van der Waals surface area contributed by atoms with E-state index in [4.69, 9.17) is 10.5 Å². The number of pyridine rings is 1. The molecule has 1 aromatic heterocycles. The molecule has 2 aliphatic rings. The van der Waals surface area contributed by atoms with Crippen LogP contribution in [-0.2, 0) is 0 Å². The number of carboxylic acid groups (broad SMARTS) is 1. The van der Waals surface area contributed by atoms with Crippen molar-refractivity contribution in [1.29, 1.82) is 0 Å². The lowest BCUT2D eigenvalue weighted by Crippen LogP contribution is -2.33. The number of carbonyl (C=O) groups is 1. The topological polar surface area (TPSA) is 97.8 Å². The first kappa shape index (κ1) is 24.1. The molecule has 0 bridgehead atoms. The van der Waals surface area contributed by atoms with Crippen LogP contribution in [0.4, 0.5) is 23.2 Å². The minimum absolute atomic E-state index is 0. The average molecular weight is 480 g/mol. The van der Waals surface area contributed by atoms with Crippen molar-refractivity contribution in [2.45, 2.75) is 25.1 Å². The summed E-state index contributed by atoms with van der Waals surface area (Å²) in [6.45, 7) is -0.835. The molecule has 1 saturated heterocycles. The first-order chi connectivity index (χ1) is 14.6. The fraction of sp³-hybridized carbons (Fsp3) is 0.500. The van der Waals surface area contributed by atoms with E-state index in [0.29, 0.717) is 0 Å². The number of hydrogen-bond acceptors (Lipinski definition) is 5. The normalized spacial score (nSPS) is 21.0. The van der Waals surface area contributed by atoms with E-state index in [1.165, 1.54) is 18.2 Å². The van der Waals surface area contributed by atoms with Crippen molar-refractivity contribution < 1.29 is 32.2 Å². The first-order valence-electron chi connectivity index (χ1n) is 9.78. The van der Waals surface area contributed by atoms with Crippen LogP contribution in [0.1, 0.15) is 29.2 Å². The van der Waals surface area contributed by atoms with Crippen LogP contribution < -0.4 is 20.8 Å². The first-order valence-corrected chi connectivity index (χ1v) is 9.78. The van der Waals surface area contributed by atoms with Crippen LogP contribution in [0.5, 0.6) is 5.75 Å². The van der Waals surface area contributed by atoms with Gasteiger partial charge in [-0.15, -0.1) is 12.4 Å². The van der Waals surface area contributed by atoms with Gasteiger partial charge in [0.05, 0.1) is 23.9 Å². The van der Waals surface area contributed by atoms with E-state index in [2.05, 4.69) is 0 Å². The van der Waals surface area contributed by atoms with E-state index in [1.807, 2.05) is 0 Å². The monoisotopic (exact) mass is 479 g/mol. The Balaban J connectivity index is 0.00000289. The quantitative estimate of drug-likeness (QED) is 0.639. The van der Waals surface area contributed by atoms with E-state index >= 15 is 4.39 Å². The summed E-state index contributed by atoms with van der Waals surface area (Å²) >= 11 is 0. The number of benzene rings is 1. The second-order valence-electron chi connectivity index (χ2n) is 8.00. The summed E-state index contributed by atoms with van der Waals surface area (Å²) in [4.78, 5) is 25.5. The molecule has 0 unspecified atom stereocenters. The molecule has 4 rings (SSSR count). The lowest BCUT2D eigenvalue weighted by molar-refractivity contribution is -0.178. The van der Waals surface area contributed by atoms with Crippen molar-refractivity contribution in [2.75, 3.05) is 31.6 Å². The summed E-state index contributed by atoms with van der Waals surface area (Å²) in [6.07, 6.45) is -1.85. The number of nitrogens with two attached hydrogens (primary N) is 1. The van der Waals surface area contributed by atoms with Crippen molar-refractivity contribution in [1.82, 2.24) is 4.57 Å². The van der Waals surface area contributed by atoms with Gasteiger partial charge in [0, 0.05) is 31.2 Å². The third-order valence-corrected chi connectivity index (χ3v) is 6.05. The molecule has 176 valence electrons. The number of hydrogen-bond donors (Lipinski definition) is 2. The molecule has 1 aromatic carbocycles. The molecule has 0 radical (unpaired) electrons. The van der Waals surface area contributed by atoms with Crippen LogP contribution in [0, 0.1) is 17.7 Å². The maximum absolute atomic E-state index is 15.2. The van der Waals surface area contributed by atoms with Gasteiger partial charge in [0.15, 0.2) is 11.6 Å². The number of alkyl halides is 3. The number of methoxy groups -OCH3 is 1. The minimum Gasteiger partial charge on any atom is -0.492 e. The van der Waals surface area contributed by atoms with Gasteiger partial charge < -0.3 is 25.0 Å². The van der Waals surface area contributed by atoms with Crippen molar-refractivity contribution in [3.63, 3.8) is 0 Å². The smallest absolute Gasteiger partial charge is 0.393 e. The molecule has 0 spiro atoms. The van der Waals surface area contributed by atoms with Gasteiger partial charge in [-0.1, -0.05) is 0 Å². The van der Waals surface area contributed by atoms with E-state index in [1.54, 1.807) is 4.57 Å². The zero-order valence-corrected chi connectivity index (χ0v) is 17.8. The Morgan fingerprint density at radius 3 is 2.44 bits per heavy atom. The summed E-state index contributed by atoms with van der Waals surface area (Å²) in [6, 6.07) is 0.783. The highest BCUT2D eigenvalue weighted by molar-refractivity contribution is 5.97. The number of anilines is 1. The van der Waals surface area contributed by atoms with Crippen LogP contribution in [0.25, 0.3) is 10.9 Å². The number of aromatic nitrogens is 1. The van der Waals surface area contributed by atoms with Gasteiger partial charge in [-0.3, -0.25) is 4.79 Å². The number of nitrogens with zero attached hydrogens (tertiary/aromatic N) is 2. The Bertz CT molecular complexity index is 1120. The van der Waals surface area contributed by atoms with Gasteiger partial charge >= 0.3 is 12.1 Å². The van der Waals surface area contributed by atoms with Crippen molar-refractivity contribution in [3.8, 4) is 5.75 Å². The Labute approximate surface area is 186 Å². The molecular formula is C20H22ClF4N3O4. The third-order valence-electron chi connectivity index (χ3n) is 6.05. The molecule has 0 amide bonds. The highest BCUT2D eigenvalue weighted by Crippen LogP contribution is 2.46. The Morgan fingerprint density at radius 1 is 1.31 bits per heavy atom. The van der Waals surface area contributed by atoms with E-state index < -0.39 is 47.3 Å². The van der Waals surface area contributed by atoms with Gasteiger partial charge in [0.1, 0.15) is 11.3 Å². The second kappa shape index (κ2) is 8.43. The molecule has 2 heterocycles. The van der Waals surface area contributed by atoms with Gasteiger partial charge in [-0.05, 0) is 25.5 Å². The summed E-state index contributed by atoms with van der Waals surface area (Å²) in [5.41, 5.74) is 4.16. The second-order valence-corrected chi connectivity index (χ2v) is 8.00. The van der Waals surface area contributed by atoms with Crippen LogP contribution in [0.15, 0.2) is 17.1 Å². The summed E-state index contributed by atoms with van der Waals surface area (Å²) in [5, 5.41) is 9.18. The van der Waals surface area contributed by atoms with Crippen LogP contribution in [-0.4, -0.2) is 48.6 Å². The predicted octanol–water partition coefficient (Wildman–Crippen LogP) is 3.18. The minimum atomic E-state index is -4.49. The summed E-state index contributed by atoms with van der Waals surface area (Å²) < 4.78 is 62.6. The summed E-state index contributed by atoms with van der Waals surface area (Å²) in [5.74, 6) is -5.13. The molecule has 1 saturated carbocycles. The molecule has 3 N–H and O–H groups in total. The fourth-order valence-corrected chi connectivity index (χ4v) is 4.39. The Kier molecular flexibility index (Phi) is 6.36. The molecule has 2 atom stereocenters. The van der Waals surface area contributed by atoms with Crippen molar-refractivity contribution in [3.05, 3.63) is 33.9 Å². The predicted molar refractivity (Wildman–Crippen MR) is 111 cm³/mol. The molecule has 7 nitrogen and oxygen atoms in total. The molecule has 1 aliphatic heterocycles. The lowest BCUT2D eigenvalue weighted by Gasteiger charge is -2.25. The summed E-state index contributed by atoms with van der Waals surface area (Å²) in [7, 11) is 1.24. The number of carboxylic acids is 1. The lowest BCUT2D eigenvalue weighted by atomic mass is 9.96. The van der Waals surface area contributed by atoms with Crippen LogP contribution in [0.2, 0.25) is 0 Å². The van der Waals surface area contributed by atoms with E-state index in [0.717, 1.165) is 18.9 Å². The van der Waals surface area contributed by atoms with Gasteiger partial charge in [0.25, 0.3) is 0 Å². The van der Waals surface area contributed by atoms with Gasteiger partial charge in [-0.25, -0.2) is 9.18 Å². The maximum Gasteiger partial charge on any atom is 0.393 e. The van der Waals surface area contributed by atoms with Gasteiger partial charge in [-0.2, -0.15) is 13.2 Å². The molecule has 1 aliphatic carbocycles. The SMILES string of the molecule is COc1c(N2C[C@H](CN)[C@@H](C(F)(F)F)C2)c(F)cc2c(=O)c(C(=O)O)cn(C3CC3)c12.Cl. The molecule has 12 heteroatoms. The zero-order valence-electron chi connectivity index (χ0n) is 17.0. The molecule has 2 aromatic rings. The zero-order chi connectivity index (χ0) is 22.7. The highest BCUT2D eigenvalue weighted by Gasteiger charge is 2.50. The maximum atomic E-state index is 15.2. The number of ether oxygens (including phenoxy) is 1. The van der Waals surface area contributed by atoms with Crippen LogP contribution in [0.3, 0.4) is 0 Å². The average Bonchev–Trinajstić information content (AvgIpc) is 3.44. The van der Waals surface area contributed by atoms with Crippen molar-refractivity contribution >= 4 is 35.0 Å². The number of fused-ring (bicyclic) bond motifs is 1.